The molecule has 11 heteroatoms. The zero-order valence-electron chi connectivity index (χ0n) is 19.9. The summed E-state index contributed by atoms with van der Waals surface area (Å²) in [5.41, 5.74) is 1.48. The lowest BCUT2D eigenvalue weighted by molar-refractivity contribution is -0.139. The molecule has 1 aliphatic heterocycles. The van der Waals surface area contributed by atoms with Crippen LogP contribution >= 0.6 is 11.3 Å². The van der Waals surface area contributed by atoms with Crippen LogP contribution in [0.15, 0.2) is 30.5 Å². The van der Waals surface area contributed by atoms with Crippen molar-refractivity contribution in [1.29, 1.82) is 0 Å². The fraction of sp³-hybridized carbons (Fsp3) is 0.520. The summed E-state index contributed by atoms with van der Waals surface area (Å²) >= 11 is 1.27. The number of hydrogen-bond donors (Lipinski definition) is 2. The van der Waals surface area contributed by atoms with Crippen LogP contribution in [0.1, 0.15) is 24.1 Å². The largest absolute Gasteiger partial charge is 0.406 e. The van der Waals surface area contributed by atoms with E-state index in [-0.39, 0.29) is 17.7 Å². The van der Waals surface area contributed by atoms with Gasteiger partial charge in [-0.25, -0.2) is 9.37 Å². The van der Waals surface area contributed by atoms with Crippen LogP contribution in [0, 0.1) is 11.8 Å². The normalized spacial score (nSPS) is 21.1. The van der Waals surface area contributed by atoms with E-state index < -0.39 is 18.9 Å². The van der Waals surface area contributed by atoms with Crippen LogP contribution in [-0.4, -0.2) is 59.4 Å². The fourth-order valence-corrected chi connectivity index (χ4v) is 5.59. The molecule has 1 aliphatic carbocycles. The van der Waals surface area contributed by atoms with Gasteiger partial charge in [-0.05, 0) is 51.1 Å². The van der Waals surface area contributed by atoms with Gasteiger partial charge in [0.25, 0.3) is 0 Å². The van der Waals surface area contributed by atoms with E-state index in [9.17, 15) is 22.4 Å². The molecule has 2 atom stereocenters. The van der Waals surface area contributed by atoms with Crippen LogP contribution in [0.4, 0.5) is 23.2 Å². The highest BCUT2D eigenvalue weighted by Crippen LogP contribution is 2.37. The number of thiazole rings is 1. The van der Waals surface area contributed by atoms with Crippen LogP contribution in [0.25, 0.3) is 21.6 Å². The molecule has 0 unspecified atom stereocenters. The first-order chi connectivity index (χ1) is 17.2. The molecule has 1 amide bonds. The molecule has 1 aromatic carbocycles. The van der Waals surface area contributed by atoms with Gasteiger partial charge in [0.15, 0.2) is 0 Å². The lowest BCUT2D eigenvalue weighted by atomic mass is 9.95. The minimum absolute atomic E-state index is 0.00646. The maximum atomic E-state index is 14.5. The molecule has 0 bridgehead atoms. The highest BCUT2D eigenvalue weighted by Gasteiger charge is 2.32. The second-order valence-corrected chi connectivity index (χ2v) is 10.9. The summed E-state index contributed by atoms with van der Waals surface area (Å²) in [5.74, 6) is -0.0626. The van der Waals surface area contributed by atoms with Gasteiger partial charge in [-0.2, -0.15) is 13.2 Å². The number of amides is 1. The summed E-state index contributed by atoms with van der Waals surface area (Å²) in [6.45, 7) is 0.771. The van der Waals surface area contributed by atoms with Crippen LogP contribution in [0.2, 0.25) is 0 Å². The van der Waals surface area contributed by atoms with Crippen molar-refractivity contribution in [3.8, 4) is 10.7 Å². The lowest BCUT2D eigenvalue weighted by Crippen LogP contribution is -2.41. The average Bonchev–Trinajstić information content (AvgIpc) is 3.47. The topological polar surface area (TPSA) is 62.2 Å². The Hall–Kier alpha value is -2.66. The van der Waals surface area contributed by atoms with Crippen molar-refractivity contribution >= 4 is 33.8 Å². The molecule has 0 radical (unpaired) electrons. The Labute approximate surface area is 210 Å². The Morgan fingerprint density at radius 1 is 1.25 bits per heavy atom. The zero-order chi connectivity index (χ0) is 25.4. The van der Waals surface area contributed by atoms with E-state index in [1.54, 1.807) is 24.4 Å². The van der Waals surface area contributed by atoms with E-state index in [1.807, 2.05) is 18.0 Å². The molecule has 2 N–H and O–H groups in total. The molecule has 5 rings (SSSR count). The first-order valence-electron chi connectivity index (χ1n) is 12.2. The molecule has 6 nitrogen and oxygen atoms in total. The molecule has 194 valence electrons. The zero-order valence-corrected chi connectivity index (χ0v) is 20.8. The molecule has 3 heterocycles. The third-order valence-corrected chi connectivity index (χ3v) is 7.89. The van der Waals surface area contributed by atoms with E-state index in [2.05, 4.69) is 15.6 Å². The number of nitrogens with zero attached hydrogens (tertiary/aromatic N) is 3. The number of nitrogens with one attached hydrogen (secondary N) is 2. The lowest BCUT2D eigenvalue weighted by Gasteiger charge is -2.32. The highest BCUT2D eigenvalue weighted by atomic mass is 32.1. The minimum Gasteiger partial charge on any atom is -0.384 e. The van der Waals surface area contributed by atoms with Gasteiger partial charge in [-0.1, -0.05) is 6.07 Å². The third kappa shape index (κ3) is 5.67. The summed E-state index contributed by atoms with van der Waals surface area (Å²) in [5, 5.41) is 7.26. The minimum atomic E-state index is -4.42. The third-order valence-electron chi connectivity index (χ3n) is 6.87. The van der Waals surface area contributed by atoms with Gasteiger partial charge in [0.05, 0.1) is 17.8 Å². The van der Waals surface area contributed by atoms with E-state index in [0.717, 1.165) is 30.7 Å². The molecule has 36 heavy (non-hydrogen) atoms. The Balaban J connectivity index is 1.41. The summed E-state index contributed by atoms with van der Waals surface area (Å²) in [6, 6.07) is 6.90. The van der Waals surface area contributed by atoms with Gasteiger partial charge in [0.2, 0.25) is 5.91 Å². The van der Waals surface area contributed by atoms with Crippen LogP contribution in [-0.2, 0) is 17.9 Å². The van der Waals surface area contributed by atoms with Gasteiger partial charge < -0.3 is 20.1 Å². The van der Waals surface area contributed by atoms with Crippen molar-refractivity contribution in [2.45, 2.75) is 44.7 Å². The summed E-state index contributed by atoms with van der Waals surface area (Å²) in [7, 11) is 1.90. The molecule has 2 aliphatic rings. The first kappa shape index (κ1) is 25.0. The number of fused-ring (bicyclic) bond motifs is 1. The molecule has 2 aromatic heterocycles. The molecule has 0 spiro atoms. The quantitative estimate of drug-likeness (QED) is 0.406. The van der Waals surface area contributed by atoms with Gasteiger partial charge in [0.1, 0.15) is 17.7 Å². The van der Waals surface area contributed by atoms with Crippen molar-refractivity contribution < 1.29 is 22.4 Å². The molecule has 1 saturated carbocycles. The number of benzene rings is 1. The average molecular weight is 524 g/mol. The van der Waals surface area contributed by atoms with E-state index in [1.165, 1.54) is 15.9 Å². The number of piperidine rings is 1. The number of carbonyl (C=O) groups is 1. The van der Waals surface area contributed by atoms with Crippen molar-refractivity contribution in [1.82, 2.24) is 19.8 Å². The van der Waals surface area contributed by atoms with E-state index in [4.69, 9.17) is 0 Å². The van der Waals surface area contributed by atoms with Gasteiger partial charge in [-0.3, -0.25) is 4.79 Å². The predicted octanol–water partition coefficient (Wildman–Crippen LogP) is 5.06. The molecule has 2 fully saturated rings. The van der Waals surface area contributed by atoms with Crippen molar-refractivity contribution in [2.24, 2.45) is 11.8 Å². The van der Waals surface area contributed by atoms with Gasteiger partial charge in [-0.15, -0.1) is 11.3 Å². The second-order valence-electron chi connectivity index (χ2n) is 9.80. The SMILES string of the molecule is CN1CC[C@@H](CNc2cccc3c2cc(-c2ncc(CNC(=O)C4CC4)s2)n3CC(F)(F)F)[C@@H](F)C1. The number of alkyl halides is 4. The summed E-state index contributed by atoms with van der Waals surface area (Å²) in [4.78, 5) is 19.1. The second kappa shape index (κ2) is 10.0. The highest BCUT2D eigenvalue weighted by molar-refractivity contribution is 7.15. The van der Waals surface area contributed by atoms with Crippen molar-refractivity contribution in [3.63, 3.8) is 0 Å². The molecular weight excluding hydrogens is 494 g/mol. The molecule has 1 saturated heterocycles. The fourth-order valence-electron chi connectivity index (χ4n) is 4.71. The summed E-state index contributed by atoms with van der Waals surface area (Å²) in [6.07, 6.45) is -1.24. The van der Waals surface area contributed by atoms with E-state index >= 15 is 0 Å². The predicted molar refractivity (Wildman–Crippen MR) is 133 cm³/mol. The van der Waals surface area contributed by atoms with Crippen molar-refractivity contribution in [2.75, 3.05) is 32.0 Å². The first-order valence-corrected chi connectivity index (χ1v) is 13.0. The van der Waals surface area contributed by atoms with Gasteiger partial charge in [0, 0.05) is 47.1 Å². The molecular formula is C25H29F4N5OS. The Morgan fingerprint density at radius 2 is 2.06 bits per heavy atom. The Morgan fingerprint density at radius 3 is 2.78 bits per heavy atom. The number of likely N-dealkylation sites (tertiary alicyclic amines) is 1. The van der Waals surface area contributed by atoms with Gasteiger partial charge >= 0.3 is 6.18 Å². The number of anilines is 1. The van der Waals surface area contributed by atoms with E-state index in [0.29, 0.717) is 46.9 Å². The Kier molecular flexibility index (Phi) is 6.95. The molecule has 3 aromatic rings. The van der Waals surface area contributed by atoms with Crippen LogP contribution in [0.3, 0.4) is 0 Å². The number of rotatable bonds is 8. The smallest absolute Gasteiger partial charge is 0.384 e. The summed E-state index contributed by atoms with van der Waals surface area (Å²) < 4.78 is 56.4. The van der Waals surface area contributed by atoms with Crippen LogP contribution < -0.4 is 10.6 Å². The maximum absolute atomic E-state index is 14.5. The maximum Gasteiger partial charge on any atom is 0.406 e. The Bertz CT molecular complexity index is 1230. The number of carbonyl (C=O) groups excluding carboxylic acids is 1. The monoisotopic (exact) mass is 523 g/mol. The number of aromatic nitrogens is 2. The number of halogens is 4. The van der Waals surface area contributed by atoms with Crippen LogP contribution in [0.5, 0.6) is 0 Å². The van der Waals surface area contributed by atoms with Crippen molar-refractivity contribution in [3.05, 3.63) is 35.3 Å². The number of hydrogen-bond acceptors (Lipinski definition) is 5. The standard InChI is InChI=1S/C25H29F4N5OS/c1-33-8-7-16(19(26)13-33)10-30-20-3-2-4-21-18(20)9-22(34(21)14-25(27,28)29)24-32-12-17(36-24)11-31-23(35)15-5-6-15/h2-4,9,12,15-16,19,30H,5-8,10-11,13-14H2,1H3,(H,31,35)/t16-,19-/m0/s1.